The molecule has 0 aromatic heterocycles. The second kappa shape index (κ2) is 7.31. The van der Waals surface area contributed by atoms with Crippen molar-refractivity contribution in [2.75, 3.05) is 20.8 Å². The molecule has 0 unspecified atom stereocenters. The van der Waals surface area contributed by atoms with E-state index in [4.69, 9.17) is 9.47 Å². The number of Topliss-reactive ketones (excluding diaryl/α,β-unsaturated/α-hetero) is 1. The van der Waals surface area contributed by atoms with Crippen molar-refractivity contribution in [3.63, 3.8) is 0 Å². The molecule has 0 radical (unpaired) electrons. The first-order valence-corrected chi connectivity index (χ1v) is 6.82. The Labute approximate surface area is 133 Å². The van der Waals surface area contributed by atoms with E-state index in [0.29, 0.717) is 17.1 Å². The lowest BCUT2D eigenvalue weighted by Gasteiger charge is -2.05. The zero-order valence-electron chi connectivity index (χ0n) is 12.8. The standard InChI is InChI=1S/C17H17NO5/c1-22-12-3-5-15(19)11(7-12)9-18-10-17(21)14-8-13(23-2)4-6-16(14)20/h3-9,19-20H,10H2,1-2H3. The summed E-state index contributed by atoms with van der Waals surface area (Å²) >= 11 is 0. The summed E-state index contributed by atoms with van der Waals surface area (Å²) in [5, 5.41) is 19.5. The Morgan fingerprint density at radius 2 is 1.65 bits per heavy atom. The number of aliphatic imine (C=N–C) groups is 1. The zero-order valence-corrected chi connectivity index (χ0v) is 12.8. The van der Waals surface area contributed by atoms with Crippen LogP contribution in [0.4, 0.5) is 0 Å². The molecule has 6 heteroatoms. The predicted molar refractivity (Wildman–Crippen MR) is 86.1 cm³/mol. The van der Waals surface area contributed by atoms with Crippen molar-refractivity contribution >= 4 is 12.0 Å². The van der Waals surface area contributed by atoms with Crippen LogP contribution in [0, 0.1) is 0 Å². The molecule has 0 aliphatic carbocycles. The number of phenols is 2. The SMILES string of the molecule is COc1ccc(O)c(C=NCC(=O)c2cc(OC)ccc2O)c1. The zero-order chi connectivity index (χ0) is 16.8. The number of hydrogen-bond acceptors (Lipinski definition) is 6. The van der Waals surface area contributed by atoms with E-state index >= 15 is 0 Å². The Hall–Kier alpha value is -3.02. The van der Waals surface area contributed by atoms with E-state index in [9.17, 15) is 15.0 Å². The molecule has 2 aromatic rings. The molecule has 0 aliphatic rings. The number of ketones is 1. The number of carbonyl (C=O) groups excluding carboxylic acids is 1. The van der Waals surface area contributed by atoms with Gasteiger partial charge < -0.3 is 19.7 Å². The number of nitrogens with zero attached hydrogens (tertiary/aromatic N) is 1. The van der Waals surface area contributed by atoms with E-state index in [1.807, 2.05) is 0 Å². The fourth-order valence-electron chi connectivity index (χ4n) is 1.94. The summed E-state index contributed by atoms with van der Waals surface area (Å²) in [5.41, 5.74) is 0.573. The number of hydrogen-bond donors (Lipinski definition) is 2. The van der Waals surface area contributed by atoms with Gasteiger partial charge >= 0.3 is 0 Å². The van der Waals surface area contributed by atoms with Gasteiger partial charge in [-0.15, -0.1) is 0 Å². The van der Waals surface area contributed by atoms with Gasteiger partial charge in [0.2, 0.25) is 0 Å². The Bertz CT molecular complexity index is 740. The van der Waals surface area contributed by atoms with Crippen LogP contribution in [0.1, 0.15) is 15.9 Å². The van der Waals surface area contributed by atoms with Gasteiger partial charge in [-0.2, -0.15) is 0 Å². The van der Waals surface area contributed by atoms with Gasteiger partial charge in [-0.25, -0.2) is 0 Å². The topological polar surface area (TPSA) is 88.4 Å². The lowest BCUT2D eigenvalue weighted by molar-refractivity contribution is 0.0999. The molecule has 0 amide bonds. The number of aromatic hydroxyl groups is 2. The summed E-state index contributed by atoms with van der Waals surface area (Å²) in [4.78, 5) is 16.1. The molecular formula is C17H17NO5. The third-order valence-corrected chi connectivity index (χ3v) is 3.20. The van der Waals surface area contributed by atoms with E-state index in [-0.39, 0.29) is 29.4 Å². The van der Waals surface area contributed by atoms with Gasteiger partial charge in [-0.05, 0) is 36.4 Å². The molecule has 0 saturated heterocycles. The lowest BCUT2D eigenvalue weighted by atomic mass is 10.1. The van der Waals surface area contributed by atoms with Crippen molar-refractivity contribution in [2.45, 2.75) is 0 Å². The van der Waals surface area contributed by atoms with E-state index in [2.05, 4.69) is 4.99 Å². The van der Waals surface area contributed by atoms with Crippen molar-refractivity contribution < 1.29 is 24.5 Å². The number of benzene rings is 2. The van der Waals surface area contributed by atoms with Crippen LogP contribution in [0.25, 0.3) is 0 Å². The second-order valence-corrected chi connectivity index (χ2v) is 4.70. The normalized spacial score (nSPS) is 10.7. The highest BCUT2D eigenvalue weighted by Crippen LogP contribution is 2.24. The number of ether oxygens (including phenoxy) is 2. The summed E-state index contributed by atoms with van der Waals surface area (Å²) < 4.78 is 10.1. The van der Waals surface area contributed by atoms with Crippen LogP contribution in [0.15, 0.2) is 41.4 Å². The maximum absolute atomic E-state index is 12.1. The fraction of sp³-hybridized carbons (Fsp3) is 0.176. The van der Waals surface area contributed by atoms with Crippen LogP contribution in [0.2, 0.25) is 0 Å². The van der Waals surface area contributed by atoms with Crippen LogP contribution in [0.5, 0.6) is 23.0 Å². The van der Waals surface area contributed by atoms with Crippen molar-refractivity contribution in [2.24, 2.45) is 4.99 Å². The van der Waals surface area contributed by atoms with Crippen LogP contribution in [-0.2, 0) is 0 Å². The smallest absolute Gasteiger partial charge is 0.188 e. The van der Waals surface area contributed by atoms with Crippen molar-refractivity contribution in [3.8, 4) is 23.0 Å². The van der Waals surface area contributed by atoms with E-state index in [0.717, 1.165) is 0 Å². The van der Waals surface area contributed by atoms with Crippen molar-refractivity contribution in [1.82, 2.24) is 0 Å². The maximum atomic E-state index is 12.1. The van der Waals surface area contributed by atoms with Crippen LogP contribution in [-0.4, -0.2) is 43.0 Å². The summed E-state index contributed by atoms with van der Waals surface area (Å²) in [6, 6.07) is 9.11. The third-order valence-electron chi connectivity index (χ3n) is 3.20. The largest absolute Gasteiger partial charge is 0.507 e. The molecule has 120 valence electrons. The maximum Gasteiger partial charge on any atom is 0.188 e. The third kappa shape index (κ3) is 4.00. The van der Waals surface area contributed by atoms with Gasteiger partial charge in [0.25, 0.3) is 0 Å². The Balaban J connectivity index is 2.13. The molecule has 0 aliphatic heterocycles. The summed E-state index contributed by atoms with van der Waals surface area (Å²) in [6.45, 7) is -0.169. The van der Waals surface area contributed by atoms with Crippen molar-refractivity contribution in [1.29, 1.82) is 0 Å². The number of methoxy groups -OCH3 is 2. The molecular weight excluding hydrogens is 298 g/mol. The molecule has 0 fully saturated rings. The molecule has 2 N–H and O–H groups in total. The minimum Gasteiger partial charge on any atom is -0.507 e. The number of carbonyl (C=O) groups is 1. The van der Waals surface area contributed by atoms with Crippen LogP contribution < -0.4 is 9.47 Å². The highest BCUT2D eigenvalue weighted by atomic mass is 16.5. The van der Waals surface area contributed by atoms with Crippen LogP contribution >= 0.6 is 0 Å². The van der Waals surface area contributed by atoms with E-state index in [1.54, 1.807) is 18.2 Å². The van der Waals surface area contributed by atoms with Gasteiger partial charge in [0.05, 0.1) is 19.8 Å². The Kier molecular flexibility index (Phi) is 5.19. The first kappa shape index (κ1) is 16.4. The Morgan fingerprint density at radius 3 is 2.30 bits per heavy atom. The fourth-order valence-corrected chi connectivity index (χ4v) is 1.94. The Morgan fingerprint density at radius 1 is 1.04 bits per heavy atom. The minimum atomic E-state index is -0.361. The average Bonchev–Trinajstić information content (AvgIpc) is 2.56. The first-order chi connectivity index (χ1) is 11.0. The molecule has 6 nitrogen and oxygen atoms in total. The van der Waals surface area contributed by atoms with E-state index in [1.165, 1.54) is 38.6 Å². The average molecular weight is 315 g/mol. The number of rotatable bonds is 6. The number of phenolic OH excluding ortho intramolecular Hbond substituents is 2. The van der Waals surface area contributed by atoms with Crippen LogP contribution in [0.3, 0.4) is 0 Å². The second-order valence-electron chi connectivity index (χ2n) is 4.70. The first-order valence-electron chi connectivity index (χ1n) is 6.82. The van der Waals surface area contributed by atoms with Gasteiger partial charge in [0.15, 0.2) is 5.78 Å². The minimum absolute atomic E-state index is 0.0335. The molecule has 23 heavy (non-hydrogen) atoms. The molecule has 0 saturated carbocycles. The monoisotopic (exact) mass is 315 g/mol. The highest BCUT2D eigenvalue weighted by molar-refractivity contribution is 6.01. The molecule has 0 heterocycles. The molecule has 0 bridgehead atoms. The lowest BCUT2D eigenvalue weighted by Crippen LogP contribution is -2.04. The molecule has 0 atom stereocenters. The van der Waals surface area contributed by atoms with Gasteiger partial charge in [-0.3, -0.25) is 9.79 Å². The highest BCUT2D eigenvalue weighted by Gasteiger charge is 2.11. The van der Waals surface area contributed by atoms with Gasteiger partial charge in [-0.1, -0.05) is 0 Å². The van der Waals surface area contributed by atoms with Gasteiger partial charge in [0, 0.05) is 11.8 Å². The molecule has 0 spiro atoms. The quantitative estimate of drug-likeness (QED) is 0.631. The summed E-state index contributed by atoms with van der Waals surface area (Å²) in [7, 11) is 2.99. The van der Waals surface area contributed by atoms with Gasteiger partial charge in [0.1, 0.15) is 29.5 Å². The summed E-state index contributed by atoms with van der Waals surface area (Å²) in [6.07, 6.45) is 1.38. The summed E-state index contributed by atoms with van der Waals surface area (Å²) in [5.74, 6) is 0.586. The van der Waals surface area contributed by atoms with E-state index < -0.39 is 0 Å². The molecule has 2 rings (SSSR count). The predicted octanol–water partition coefficient (Wildman–Crippen LogP) is 2.42. The van der Waals surface area contributed by atoms with Crippen molar-refractivity contribution in [3.05, 3.63) is 47.5 Å². The molecule has 2 aromatic carbocycles.